The van der Waals surface area contributed by atoms with Gasteiger partial charge in [-0.25, -0.2) is 0 Å². The Hall–Kier alpha value is -4.58. The molecule has 0 fully saturated rings. The predicted octanol–water partition coefficient (Wildman–Crippen LogP) is 5.43. The van der Waals surface area contributed by atoms with Crippen LogP contribution < -0.4 is 5.32 Å². The fourth-order valence-electron chi connectivity index (χ4n) is 4.05. The normalized spacial score (nSPS) is 11.8. The average Bonchev–Trinajstić information content (AvgIpc) is 3.41. The van der Waals surface area contributed by atoms with E-state index in [1.165, 1.54) is 0 Å². The molecule has 0 aliphatic heterocycles. The Morgan fingerprint density at radius 1 is 0.676 bits per heavy atom. The summed E-state index contributed by atoms with van der Waals surface area (Å²) in [5.41, 5.74) is 3.68. The molecule has 1 atom stereocenters. The smallest absolute Gasteiger partial charge is 0.287 e. The number of carbonyl (C=O) groups excluding carboxylic acids is 1. The van der Waals surface area contributed by atoms with Gasteiger partial charge in [0.15, 0.2) is 5.76 Å². The van der Waals surface area contributed by atoms with Crippen LogP contribution in [0.15, 0.2) is 120 Å². The van der Waals surface area contributed by atoms with Gasteiger partial charge in [-0.3, -0.25) is 19.7 Å². The molecule has 1 unspecified atom stereocenters. The summed E-state index contributed by atoms with van der Waals surface area (Å²) in [4.78, 5) is 26.3. The lowest BCUT2D eigenvalue weighted by atomic mass is 9.83. The standard InChI is InChI=1S/C28H22N4O2/c33-28(25-13-12-24(34-25)20-7-2-1-3-8-20)32-27(23-11-6-16-31-19-23)26(21-9-4-14-29-17-21)22-10-5-15-30-18-22/h1-19,26-27H,(H,32,33). The second-order valence-corrected chi connectivity index (χ2v) is 7.82. The number of carbonyl (C=O) groups is 1. The minimum Gasteiger partial charge on any atom is -0.451 e. The third-order valence-corrected chi connectivity index (χ3v) is 5.64. The van der Waals surface area contributed by atoms with Gasteiger partial charge in [0.2, 0.25) is 0 Å². The molecule has 0 bridgehead atoms. The van der Waals surface area contributed by atoms with Crippen LogP contribution in [0.4, 0.5) is 0 Å². The average molecular weight is 447 g/mol. The molecule has 1 N–H and O–H groups in total. The number of aromatic nitrogens is 3. The van der Waals surface area contributed by atoms with E-state index in [-0.39, 0.29) is 17.6 Å². The van der Waals surface area contributed by atoms with Crippen molar-refractivity contribution in [2.75, 3.05) is 0 Å². The summed E-state index contributed by atoms with van der Waals surface area (Å²) < 4.78 is 5.91. The molecular formula is C28H22N4O2. The van der Waals surface area contributed by atoms with Gasteiger partial charge in [0.25, 0.3) is 5.91 Å². The molecule has 6 heteroatoms. The molecule has 0 aliphatic carbocycles. The van der Waals surface area contributed by atoms with Crippen LogP contribution in [0.3, 0.4) is 0 Å². The first-order valence-electron chi connectivity index (χ1n) is 11.0. The van der Waals surface area contributed by atoms with Crippen LogP contribution >= 0.6 is 0 Å². The van der Waals surface area contributed by atoms with Gasteiger partial charge in [-0.05, 0) is 47.0 Å². The second-order valence-electron chi connectivity index (χ2n) is 7.82. The molecule has 6 nitrogen and oxygen atoms in total. The van der Waals surface area contributed by atoms with Crippen molar-refractivity contribution in [2.24, 2.45) is 0 Å². The Morgan fingerprint density at radius 3 is 1.82 bits per heavy atom. The lowest BCUT2D eigenvalue weighted by Crippen LogP contribution is -2.33. The van der Waals surface area contributed by atoms with E-state index in [1.54, 1.807) is 30.9 Å². The third-order valence-electron chi connectivity index (χ3n) is 5.64. The summed E-state index contributed by atoms with van der Waals surface area (Å²) in [6.45, 7) is 0. The SMILES string of the molecule is O=C(NC(c1cccnc1)C(c1cccnc1)c1cccnc1)c1ccc(-c2ccccc2)o1. The van der Waals surface area contributed by atoms with E-state index >= 15 is 0 Å². The molecule has 0 saturated carbocycles. The molecule has 34 heavy (non-hydrogen) atoms. The lowest BCUT2D eigenvalue weighted by molar-refractivity contribution is 0.0905. The molecule has 4 aromatic heterocycles. The zero-order valence-corrected chi connectivity index (χ0v) is 18.3. The van der Waals surface area contributed by atoms with Crippen LogP contribution in [-0.2, 0) is 0 Å². The Kier molecular flexibility index (Phi) is 6.21. The van der Waals surface area contributed by atoms with Crippen LogP contribution in [0.5, 0.6) is 0 Å². The van der Waals surface area contributed by atoms with E-state index in [9.17, 15) is 4.79 Å². The van der Waals surface area contributed by atoms with E-state index in [1.807, 2.05) is 85.2 Å². The van der Waals surface area contributed by atoms with Crippen molar-refractivity contribution >= 4 is 5.91 Å². The summed E-state index contributed by atoms with van der Waals surface area (Å²) in [5, 5.41) is 3.18. The summed E-state index contributed by atoms with van der Waals surface area (Å²) in [6.07, 6.45) is 10.6. The number of amides is 1. The largest absolute Gasteiger partial charge is 0.451 e. The third kappa shape index (κ3) is 4.61. The van der Waals surface area contributed by atoms with Crippen molar-refractivity contribution < 1.29 is 9.21 Å². The molecular weight excluding hydrogens is 424 g/mol. The number of hydrogen-bond acceptors (Lipinski definition) is 5. The van der Waals surface area contributed by atoms with Crippen molar-refractivity contribution in [3.05, 3.63) is 138 Å². The summed E-state index contributed by atoms with van der Waals surface area (Å²) in [7, 11) is 0. The molecule has 0 spiro atoms. The summed E-state index contributed by atoms with van der Waals surface area (Å²) >= 11 is 0. The van der Waals surface area contributed by atoms with Crippen LogP contribution in [-0.4, -0.2) is 20.9 Å². The predicted molar refractivity (Wildman–Crippen MR) is 129 cm³/mol. The zero-order valence-electron chi connectivity index (χ0n) is 18.3. The van der Waals surface area contributed by atoms with E-state index in [2.05, 4.69) is 20.3 Å². The quantitative estimate of drug-likeness (QED) is 0.360. The van der Waals surface area contributed by atoms with Crippen molar-refractivity contribution in [1.82, 2.24) is 20.3 Å². The van der Waals surface area contributed by atoms with Crippen LogP contribution in [0, 0.1) is 0 Å². The topological polar surface area (TPSA) is 80.9 Å². The number of nitrogens with one attached hydrogen (secondary N) is 1. The highest BCUT2D eigenvalue weighted by molar-refractivity contribution is 5.92. The summed E-state index contributed by atoms with van der Waals surface area (Å²) in [6, 6.07) is 24.4. The Bertz CT molecular complexity index is 1300. The van der Waals surface area contributed by atoms with Crippen LogP contribution in [0.1, 0.15) is 39.2 Å². The number of benzene rings is 1. The van der Waals surface area contributed by atoms with Crippen molar-refractivity contribution in [3.8, 4) is 11.3 Å². The highest BCUT2D eigenvalue weighted by atomic mass is 16.3. The highest BCUT2D eigenvalue weighted by Crippen LogP contribution is 2.36. The van der Waals surface area contributed by atoms with Gasteiger partial charge in [-0.2, -0.15) is 0 Å². The summed E-state index contributed by atoms with van der Waals surface area (Å²) in [5.74, 6) is 0.330. The molecule has 5 rings (SSSR count). The highest BCUT2D eigenvalue weighted by Gasteiger charge is 2.30. The zero-order chi connectivity index (χ0) is 23.2. The Balaban J connectivity index is 1.53. The van der Waals surface area contributed by atoms with E-state index in [0.717, 1.165) is 22.3 Å². The fraction of sp³-hybridized carbons (Fsp3) is 0.0714. The first-order valence-corrected chi connectivity index (χ1v) is 11.0. The van der Waals surface area contributed by atoms with E-state index in [4.69, 9.17) is 4.42 Å². The monoisotopic (exact) mass is 446 g/mol. The van der Waals surface area contributed by atoms with Gasteiger partial charge < -0.3 is 9.73 Å². The molecule has 166 valence electrons. The number of hydrogen-bond donors (Lipinski definition) is 1. The molecule has 5 aromatic rings. The minimum atomic E-state index is -0.431. The number of nitrogens with zero attached hydrogens (tertiary/aromatic N) is 3. The molecule has 1 aromatic carbocycles. The van der Waals surface area contributed by atoms with Crippen molar-refractivity contribution in [3.63, 3.8) is 0 Å². The van der Waals surface area contributed by atoms with Gasteiger partial charge in [0.05, 0.1) is 6.04 Å². The lowest BCUT2D eigenvalue weighted by Gasteiger charge is -2.28. The maximum absolute atomic E-state index is 13.4. The van der Waals surface area contributed by atoms with E-state index in [0.29, 0.717) is 5.76 Å². The molecule has 4 heterocycles. The molecule has 0 aliphatic rings. The first-order chi connectivity index (χ1) is 16.8. The minimum absolute atomic E-state index is 0.237. The number of furan rings is 1. The number of rotatable bonds is 7. The van der Waals surface area contributed by atoms with E-state index < -0.39 is 6.04 Å². The van der Waals surface area contributed by atoms with Gasteiger partial charge in [0, 0.05) is 48.7 Å². The van der Waals surface area contributed by atoms with Gasteiger partial charge in [0.1, 0.15) is 5.76 Å². The fourth-order valence-corrected chi connectivity index (χ4v) is 4.05. The maximum Gasteiger partial charge on any atom is 0.287 e. The van der Waals surface area contributed by atoms with Gasteiger partial charge in [-0.1, -0.05) is 48.5 Å². The number of pyridine rings is 3. The maximum atomic E-state index is 13.4. The second kappa shape index (κ2) is 9.92. The molecule has 0 radical (unpaired) electrons. The van der Waals surface area contributed by atoms with Gasteiger partial charge in [-0.15, -0.1) is 0 Å². The Labute approximate surface area is 197 Å². The molecule has 0 saturated heterocycles. The Morgan fingerprint density at radius 2 is 1.26 bits per heavy atom. The van der Waals surface area contributed by atoms with Crippen LogP contribution in [0.2, 0.25) is 0 Å². The first kappa shape index (κ1) is 21.3. The van der Waals surface area contributed by atoms with Crippen LogP contribution in [0.25, 0.3) is 11.3 Å². The van der Waals surface area contributed by atoms with Crippen molar-refractivity contribution in [2.45, 2.75) is 12.0 Å². The van der Waals surface area contributed by atoms with Gasteiger partial charge >= 0.3 is 0 Å². The molecule has 1 amide bonds. The van der Waals surface area contributed by atoms with Crippen molar-refractivity contribution in [1.29, 1.82) is 0 Å².